The van der Waals surface area contributed by atoms with Gasteiger partial charge < -0.3 is 11.1 Å². The molecule has 0 radical (unpaired) electrons. The molecule has 4 aromatic carbocycles. The summed E-state index contributed by atoms with van der Waals surface area (Å²) in [5.41, 5.74) is 4.26. The average molecular weight is 766 g/mol. The maximum Gasteiger partial charge on any atom is 0.295 e. The standard InChI is InChI=1S/C25H23N3O15S5/c1-12-7-13(2)21(11-19(12)27-25(29)16-4-3-14(26)8-22(16)47(38,39)40)44(30,31)28-18-5-6-20(46(35,36)37)17-9-15(45(32,33)34)10-23(24(17)18)48(41,42)43/h3-11,28H,26H2,1-2H3,(H,27,29)(H,32,33,34)(H,35,36,37)(H,38,39,40)(H,41,42,43). The summed E-state index contributed by atoms with van der Waals surface area (Å²) in [6, 6.07) is 7.14. The molecule has 0 aromatic heterocycles. The van der Waals surface area contributed by atoms with E-state index in [1.165, 1.54) is 26.0 Å². The first-order valence-electron chi connectivity index (χ1n) is 12.6. The number of nitrogen functional groups attached to an aromatic ring is 1. The smallest absolute Gasteiger partial charge is 0.295 e. The fourth-order valence-corrected chi connectivity index (χ4v) is 8.73. The van der Waals surface area contributed by atoms with Gasteiger partial charge in [0.2, 0.25) is 0 Å². The normalized spacial score (nSPS) is 13.0. The van der Waals surface area contributed by atoms with E-state index in [1.54, 1.807) is 0 Å². The van der Waals surface area contributed by atoms with Gasteiger partial charge in [0.25, 0.3) is 56.4 Å². The maximum absolute atomic E-state index is 13.7. The van der Waals surface area contributed by atoms with Crippen molar-refractivity contribution < 1.29 is 65.1 Å². The number of carbonyl (C=O) groups is 1. The van der Waals surface area contributed by atoms with Gasteiger partial charge in [-0.1, -0.05) is 6.07 Å². The third-order valence-corrected chi connectivity index (χ3v) is 11.7. The SMILES string of the molecule is Cc1cc(C)c(S(=O)(=O)Nc2ccc(S(=O)(=O)O)c3cc(S(=O)(=O)O)cc(S(=O)(=O)O)c23)cc1NC(=O)c1ccc(N)cc1S(=O)(=O)O. The van der Waals surface area contributed by atoms with Gasteiger partial charge in [-0.3, -0.25) is 27.7 Å². The minimum atomic E-state index is -5.50. The van der Waals surface area contributed by atoms with Crippen LogP contribution in [0.4, 0.5) is 17.1 Å². The topological polar surface area (TPSA) is 319 Å². The van der Waals surface area contributed by atoms with Gasteiger partial charge in [-0.2, -0.15) is 33.7 Å². The number of aryl methyl sites for hydroxylation is 2. The van der Waals surface area contributed by atoms with E-state index in [-0.39, 0.29) is 28.6 Å². The van der Waals surface area contributed by atoms with E-state index in [2.05, 4.69) is 5.32 Å². The number of nitrogens with two attached hydrogens (primary N) is 1. The second kappa shape index (κ2) is 12.0. The van der Waals surface area contributed by atoms with Gasteiger partial charge in [0.1, 0.15) is 14.7 Å². The molecule has 1 amide bonds. The fraction of sp³-hybridized carbons (Fsp3) is 0.0800. The largest absolute Gasteiger partial charge is 0.399 e. The number of rotatable bonds is 9. The zero-order valence-corrected chi connectivity index (χ0v) is 28.2. The monoisotopic (exact) mass is 765 g/mol. The molecule has 4 rings (SSSR count). The van der Waals surface area contributed by atoms with Crippen LogP contribution in [0.5, 0.6) is 0 Å². The first kappa shape index (κ1) is 36.6. The molecule has 23 heteroatoms. The Morgan fingerprint density at radius 1 is 0.604 bits per heavy atom. The number of carbonyl (C=O) groups excluding carboxylic acids is 1. The van der Waals surface area contributed by atoms with E-state index in [4.69, 9.17) is 5.73 Å². The van der Waals surface area contributed by atoms with Crippen LogP contribution in [-0.2, 0) is 50.5 Å². The minimum Gasteiger partial charge on any atom is -0.399 e. The van der Waals surface area contributed by atoms with Crippen molar-refractivity contribution in [3.63, 3.8) is 0 Å². The van der Waals surface area contributed by atoms with E-state index in [9.17, 15) is 65.1 Å². The van der Waals surface area contributed by atoms with Gasteiger partial charge in [0.05, 0.1) is 21.0 Å². The molecule has 0 heterocycles. The van der Waals surface area contributed by atoms with Crippen LogP contribution in [0.25, 0.3) is 10.8 Å². The highest BCUT2D eigenvalue weighted by Crippen LogP contribution is 2.38. The molecule has 0 aliphatic heterocycles. The number of nitrogens with one attached hydrogen (secondary N) is 2. The summed E-state index contributed by atoms with van der Waals surface area (Å²) in [6.45, 7) is 2.77. The van der Waals surface area contributed by atoms with Crippen LogP contribution < -0.4 is 15.8 Å². The molecule has 4 aromatic rings. The second-order valence-corrected chi connectivity index (χ2v) is 17.3. The Bertz CT molecular complexity index is 2620. The summed E-state index contributed by atoms with van der Waals surface area (Å²) in [7, 11) is -25.8. The van der Waals surface area contributed by atoms with Crippen LogP contribution in [0.3, 0.4) is 0 Å². The van der Waals surface area contributed by atoms with Gasteiger partial charge >= 0.3 is 0 Å². The van der Waals surface area contributed by atoms with Crippen LogP contribution >= 0.6 is 0 Å². The number of fused-ring (bicyclic) bond motifs is 1. The lowest BCUT2D eigenvalue weighted by molar-refractivity contribution is 0.102. The Labute approximate surface area is 273 Å². The lowest BCUT2D eigenvalue weighted by atomic mass is 10.1. The van der Waals surface area contributed by atoms with E-state index in [0.29, 0.717) is 18.2 Å². The van der Waals surface area contributed by atoms with Crippen molar-refractivity contribution in [3.05, 3.63) is 71.3 Å². The molecule has 0 aliphatic rings. The number of anilines is 3. The van der Waals surface area contributed by atoms with Crippen molar-refractivity contribution in [2.45, 2.75) is 38.3 Å². The lowest BCUT2D eigenvalue weighted by Gasteiger charge is -2.18. The van der Waals surface area contributed by atoms with Crippen molar-refractivity contribution >= 4 is 84.2 Å². The number of hydrogen-bond donors (Lipinski definition) is 7. The predicted octanol–water partition coefficient (Wildman–Crippen LogP) is 2.08. The van der Waals surface area contributed by atoms with E-state index in [1.807, 2.05) is 4.72 Å². The highest BCUT2D eigenvalue weighted by Gasteiger charge is 2.29. The molecule has 18 nitrogen and oxygen atoms in total. The summed E-state index contributed by atoms with van der Waals surface area (Å²) in [4.78, 5) is 7.91. The van der Waals surface area contributed by atoms with E-state index >= 15 is 0 Å². The van der Waals surface area contributed by atoms with Gasteiger partial charge in [0, 0.05) is 22.1 Å². The quantitative estimate of drug-likeness (QED) is 0.0947. The van der Waals surface area contributed by atoms with E-state index < -0.39 is 103 Å². The zero-order chi connectivity index (χ0) is 36.4. The predicted molar refractivity (Wildman–Crippen MR) is 169 cm³/mol. The highest BCUT2D eigenvalue weighted by atomic mass is 32.2. The molecule has 0 atom stereocenters. The van der Waals surface area contributed by atoms with Gasteiger partial charge in [-0.15, -0.1) is 0 Å². The van der Waals surface area contributed by atoms with Gasteiger partial charge in [-0.25, -0.2) is 8.42 Å². The summed E-state index contributed by atoms with van der Waals surface area (Å²) in [6.07, 6.45) is 0. The molecule has 0 fully saturated rings. The zero-order valence-electron chi connectivity index (χ0n) is 24.1. The van der Waals surface area contributed by atoms with Crippen LogP contribution in [0.2, 0.25) is 0 Å². The fourth-order valence-electron chi connectivity index (χ4n) is 4.64. The summed E-state index contributed by atoms with van der Waals surface area (Å²) in [5.74, 6) is -1.11. The van der Waals surface area contributed by atoms with Crippen molar-refractivity contribution in [2.24, 2.45) is 0 Å². The van der Waals surface area contributed by atoms with Crippen molar-refractivity contribution in [2.75, 3.05) is 15.8 Å². The molecule has 0 aliphatic carbocycles. The molecule has 8 N–H and O–H groups in total. The first-order valence-corrected chi connectivity index (χ1v) is 19.8. The van der Waals surface area contributed by atoms with Crippen molar-refractivity contribution in [1.29, 1.82) is 0 Å². The number of amides is 1. The molecule has 0 unspecified atom stereocenters. The minimum absolute atomic E-state index is 0.0339. The Balaban J connectivity index is 1.91. The molecule has 258 valence electrons. The average Bonchev–Trinajstić information content (AvgIpc) is 2.91. The first-order chi connectivity index (χ1) is 21.7. The van der Waals surface area contributed by atoms with Gasteiger partial charge in [0.15, 0.2) is 0 Å². The molecular weight excluding hydrogens is 743 g/mol. The van der Waals surface area contributed by atoms with Gasteiger partial charge in [-0.05, 0) is 73.5 Å². The lowest BCUT2D eigenvalue weighted by Crippen LogP contribution is -2.19. The number of benzene rings is 4. The third kappa shape index (κ3) is 7.43. The Morgan fingerprint density at radius 3 is 1.73 bits per heavy atom. The van der Waals surface area contributed by atoms with Crippen LogP contribution in [0.15, 0.2) is 79.1 Å². The van der Waals surface area contributed by atoms with Crippen molar-refractivity contribution in [3.8, 4) is 0 Å². The molecule has 0 spiro atoms. The van der Waals surface area contributed by atoms with Crippen LogP contribution in [-0.4, -0.2) is 66.2 Å². The van der Waals surface area contributed by atoms with Crippen LogP contribution in [0, 0.1) is 13.8 Å². The third-order valence-electron chi connectivity index (χ3n) is 6.70. The molecular formula is C25H23N3O15S5. The maximum atomic E-state index is 13.7. The second-order valence-electron chi connectivity index (χ2n) is 10.1. The summed E-state index contributed by atoms with van der Waals surface area (Å²) < 4.78 is 164. The Hall–Kier alpha value is -4.20. The molecule has 0 bridgehead atoms. The number of sulfonamides is 1. The Morgan fingerprint density at radius 2 is 1.19 bits per heavy atom. The molecule has 0 saturated heterocycles. The summed E-state index contributed by atoms with van der Waals surface area (Å²) >= 11 is 0. The highest BCUT2D eigenvalue weighted by molar-refractivity contribution is 7.93. The van der Waals surface area contributed by atoms with E-state index in [0.717, 1.165) is 18.2 Å². The Kier molecular flexibility index (Phi) is 9.19. The van der Waals surface area contributed by atoms with Crippen LogP contribution in [0.1, 0.15) is 21.5 Å². The van der Waals surface area contributed by atoms with Crippen molar-refractivity contribution in [1.82, 2.24) is 0 Å². The number of hydrogen-bond acceptors (Lipinski definition) is 12. The molecule has 48 heavy (non-hydrogen) atoms. The summed E-state index contributed by atoms with van der Waals surface area (Å²) in [5, 5.41) is 0.465. The molecule has 0 saturated carbocycles.